The van der Waals surface area contributed by atoms with Crippen LogP contribution < -0.4 is 14.8 Å². The van der Waals surface area contributed by atoms with Crippen molar-refractivity contribution in [3.8, 4) is 11.5 Å². The third-order valence-electron chi connectivity index (χ3n) is 4.78. The summed E-state index contributed by atoms with van der Waals surface area (Å²) in [6.07, 6.45) is 1.07. The van der Waals surface area contributed by atoms with E-state index in [2.05, 4.69) is 10.3 Å². The molecule has 0 aliphatic rings. The second kappa shape index (κ2) is 14.0. The summed E-state index contributed by atoms with van der Waals surface area (Å²) in [5.41, 5.74) is 1.45. The number of hydrogen-bond acceptors (Lipinski definition) is 5. The number of hydrogen-bond donors (Lipinski definition) is 3. The molecule has 0 saturated carbocycles. The van der Waals surface area contributed by atoms with Crippen LogP contribution in [0.4, 0.5) is 13.2 Å². The Bertz CT molecular complexity index is 1050. The molecule has 0 fully saturated rings. The zero-order valence-electron chi connectivity index (χ0n) is 19.8. The van der Waals surface area contributed by atoms with Gasteiger partial charge in [0.2, 0.25) is 5.91 Å². The van der Waals surface area contributed by atoms with Crippen LogP contribution in [0.1, 0.15) is 50.3 Å². The first kappa shape index (κ1) is 29.4. The third kappa shape index (κ3) is 12.7. The molecular formula is C24H30F3N2O6P. The van der Waals surface area contributed by atoms with Crippen molar-refractivity contribution in [3.05, 3.63) is 59.5 Å². The van der Waals surface area contributed by atoms with E-state index in [-0.39, 0.29) is 24.7 Å². The maximum atomic E-state index is 12.3. The molecule has 3 N–H and O–H groups in total. The predicted octanol–water partition coefficient (Wildman–Crippen LogP) is 5.21. The van der Waals surface area contributed by atoms with E-state index < -0.39 is 26.5 Å². The van der Waals surface area contributed by atoms with Crippen molar-refractivity contribution >= 4 is 19.6 Å². The van der Waals surface area contributed by atoms with Crippen molar-refractivity contribution < 1.29 is 41.8 Å². The van der Waals surface area contributed by atoms with Gasteiger partial charge in [0, 0.05) is 24.4 Å². The fourth-order valence-corrected chi connectivity index (χ4v) is 3.55. The molecule has 0 saturated heterocycles. The third-order valence-corrected chi connectivity index (χ3v) is 5.58. The number of ether oxygens (including phenoxy) is 2. The highest BCUT2D eigenvalue weighted by Gasteiger charge is 2.28. The summed E-state index contributed by atoms with van der Waals surface area (Å²) < 4.78 is 58.6. The molecule has 8 nitrogen and oxygen atoms in total. The fourth-order valence-electron chi connectivity index (χ4n) is 3.02. The van der Waals surface area contributed by atoms with Crippen molar-refractivity contribution in [3.63, 3.8) is 0 Å². The largest absolute Gasteiger partial charge is 0.487 e. The van der Waals surface area contributed by atoms with Gasteiger partial charge in [-0.15, -0.1) is 0 Å². The standard InChI is InChI=1S/C24H30F3N2O6P/c1-2-3-4-5-23(30)29-19(11-13-36(31,32)33)14-18-6-8-21(9-7-18)34-16-20-15-22(10-12-28-20)35-17-24(25,26)27/h6-10,12,14-15H,2-5,11,13,16-17H2,1H3,(H,29,30)(H2,31,32,33)/b19-14+. The Morgan fingerprint density at radius 1 is 1.08 bits per heavy atom. The number of halogens is 3. The highest BCUT2D eigenvalue weighted by molar-refractivity contribution is 7.51. The molecular weight excluding hydrogens is 500 g/mol. The summed E-state index contributed by atoms with van der Waals surface area (Å²) in [4.78, 5) is 34.7. The number of rotatable bonds is 14. The van der Waals surface area contributed by atoms with Crippen LogP contribution in [0.5, 0.6) is 11.5 Å². The van der Waals surface area contributed by atoms with Gasteiger partial charge in [-0.2, -0.15) is 13.2 Å². The van der Waals surface area contributed by atoms with Crippen LogP contribution >= 0.6 is 7.60 Å². The van der Waals surface area contributed by atoms with Crippen molar-refractivity contribution in [2.45, 2.75) is 51.8 Å². The van der Waals surface area contributed by atoms with E-state index >= 15 is 0 Å². The summed E-state index contributed by atoms with van der Waals surface area (Å²) in [5, 5.41) is 2.74. The van der Waals surface area contributed by atoms with Crippen LogP contribution in [0, 0.1) is 0 Å². The molecule has 1 heterocycles. The first-order valence-corrected chi connectivity index (χ1v) is 13.2. The molecule has 0 aliphatic heterocycles. The monoisotopic (exact) mass is 530 g/mol. The van der Waals surface area contributed by atoms with Gasteiger partial charge in [0.25, 0.3) is 0 Å². The number of unbranched alkanes of at least 4 members (excludes halogenated alkanes) is 2. The molecule has 0 radical (unpaired) electrons. The lowest BCUT2D eigenvalue weighted by molar-refractivity contribution is -0.153. The number of pyridine rings is 1. The number of carbonyl (C=O) groups excluding carboxylic acids is 1. The number of carbonyl (C=O) groups is 1. The van der Waals surface area contributed by atoms with Gasteiger partial charge in [0.15, 0.2) is 6.61 Å². The SMILES string of the molecule is CCCCCC(=O)N/C(=C/c1ccc(OCc2cc(OCC(F)(F)F)ccn2)cc1)CCP(=O)(O)O. The molecule has 1 aromatic carbocycles. The lowest BCUT2D eigenvalue weighted by atomic mass is 10.1. The molecule has 12 heteroatoms. The summed E-state index contributed by atoms with van der Waals surface area (Å²) in [5.74, 6) is 0.284. The van der Waals surface area contributed by atoms with Gasteiger partial charge in [-0.3, -0.25) is 14.3 Å². The molecule has 1 aromatic heterocycles. The Hall–Kier alpha value is -2.88. The molecule has 198 valence electrons. The van der Waals surface area contributed by atoms with E-state index in [0.717, 1.165) is 19.3 Å². The number of amides is 1. The zero-order chi connectivity index (χ0) is 26.6. The van der Waals surface area contributed by atoms with Gasteiger partial charge in [0.05, 0.1) is 11.9 Å². The first-order valence-electron chi connectivity index (χ1n) is 11.4. The average molecular weight is 530 g/mol. The van der Waals surface area contributed by atoms with Gasteiger partial charge in [-0.25, -0.2) is 0 Å². The topological polar surface area (TPSA) is 118 Å². The van der Waals surface area contributed by atoms with E-state index in [1.165, 1.54) is 18.3 Å². The minimum atomic E-state index is -4.44. The van der Waals surface area contributed by atoms with Crippen molar-refractivity contribution in [2.24, 2.45) is 0 Å². The highest BCUT2D eigenvalue weighted by Crippen LogP contribution is 2.36. The second-order valence-corrected chi connectivity index (χ2v) is 9.83. The van der Waals surface area contributed by atoms with Crippen LogP contribution in [-0.4, -0.2) is 39.6 Å². The highest BCUT2D eigenvalue weighted by atomic mass is 31.2. The van der Waals surface area contributed by atoms with E-state index in [1.54, 1.807) is 30.3 Å². The van der Waals surface area contributed by atoms with Crippen LogP contribution in [0.15, 0.2) is 48.3 Å². The van der Waals surface area contributed by atoms with Gasteiger partial charge in [-0.1, -0.05) is 31.9 Å². The first-order chi connectivity index (χ1) is 16.9. The van der Waals surface area contributed by atoms with E-state index in [4.69, 9.17) is 9.47 Å². The number of nitrogens with zero attached hydrogens (tertiary/aromatic N) is 1. The summed E-state index contributed by atoms with van der Waals surface area (Å²) in [7, 11) is -4.24. The smallest absolute Gasteiger partial charge is 0.422 e. The van der Waals surface area contributed by atoms with E-state index in [0.29, 0.717) is 29.1 Å². The maximum absolute atomic E-state index is 12.3. The Balaban J connectivity index is 2.00. The number of benzene rings is 1. The van der Waals surface area contributed by atoms with Gasteiger partial charge < -0.3 is 24.6 Å². The summed E-state index contributed by atoms with van der Waals surface area (Å²) in [6, 6.07) is 9.39. The van der Waals surface area contributed by atoms with Gasteiger partial charge >= 0.3 is 13.8 Å². The molecule has 0 bridgehead atoms. The van der Waals surface area contributed by atoms with Gasteiger partial charge in [-0.05, 0) is 42.7 Å². The molecule has 2 aromatic rings. The van der Waals surface area contributed by atoms with Crippen LogP contribution in [0.3, 0.4) is 0 Å². The zero-order valence-corrected chi connectivity index (χ0v) is 20.7. The lowest BCUT2D eigenvalue weighted by Crippen LogP contribution is -2.23. The lowest BCUT2D eigenvalue weighted by Gasteiger charge is -2.12. The number of aromatic nitrogens is 1. The van der Waals surface area contributed by atoms with Crippen LogP contribution in [-0.2, 0) is 16.0 Å². The molecule has 1 amide bonds. The normalized spacial score (nSPS) is 12.3. The predicted molar refractivity (Wildman–Crippen MR) is 128 cm³/mol. The average Bonchev–Trinajstić information content (AvgIpc) is 2.80. The van der Waals surface area contributed by atoms with Crippen molar-refractivity contribution in [2.75, 3.05) is 12.8 Å². The summed E-state index contributed by atoms with van der Waals surface area (Å²) >= 11 is 0. The fraction of sp³-hybridized carbons (Fsp3) is 0.417. The number of alkyl halides is 3. The van der Waals surface area contributed by atoms with E-state index in [1.807, 2.05) is 6.92 Å². The minimum Gasteiger partial charge on any atom is -0.487 e. The van der Waals surface area contributed by atoms with Crippen molar-refractivity contribution in [1.82, 2.24) is 10.3 Å². The molecule has 36 heavy (non-hydrogen) atoms. The number of nitrogens with one attached hydrogen (secondary N) is 1. The quantitative estimate of drug-likeness (QED) is 0.227. The maximum Gasteiger partial charge on any atom is 0.422 e. The second-order valence-electron chi connectivity index (χ2n) is 8.06. The molecule has 0 aliphatic carbocycles. The molecule has 0 spiro atoms. The molecule has 2 rings (SSSR count). The van der Waals surface area contributed by atoms with Gasteiger partial charge in [0.1, 0.15) is 18.1 Å². The summed E-state index contributed by atoms with van der Waals surface area (Å²) in [6.45, 7) is 0.624. The van der Waals surface area contributed by atoms with Crippen LogP contribution in [0.25, 0.3) is 6.08 Å². The van der Waals surface area contributed by atoms with Crippen LogP contribution in [0.2, 0.25) is 0 Å². The van der Waals surface area contributed by atoms with E-state index in [9.17, 15) is 32.3 Å². The Labute approximate surface area is 207 Å². The molecule has 0 unspecified atom stereocenters. The Morgan fingerprint density at radius 2 is 1.81 bits per heavy atom. The Kier molecular flexibility index (Phi) is 11.4. The minimum absolute atomic E-state index is 0.000242. The molecule has 0 atom stereocenters. The van der Waals surface area contributed by atoms with Crippen molar-refractivity contribution in [1.29, 1.82) is 0 Å². The number of allylic oxidation sites excluding steroid dienone is 1. The Morgan fingerprint density at radius 3 is 2.44 bits per heavy atom.